The van der Waals surface area contributed by atoms with Gasteiger partial charge in [0.1, 0.15) is 0 Å². The average Bonchev–Trinajstić information content (AvgIpc) is 2.88. The maximum Gasteiger partial charge on any atom is 0.197 e. The first-order valence-corrected chi connectivity index (χ1v) is 8.42. The molecule has 102 valence electrons. The van der Waals surface area contributed by atoms with Crippen LogP contribution in [0.1, 0.15) is 11.3 Å². The average molecular weight is 302 g/mol. The Kier molecular flexibility index (Phi) is 3.93. The van der Waals surface area contributed by atoms with Crippen LogP contribution in [0.3, 0.4) is 0 Å². The van der Waals surface area contributed by atoms with Gasteiger partial charge in [0.25, 0.3) is 0 Å². The fourth-order valence-electron chi connectivity index (χ4n) is 1.93. The van der Waals surface area contributed by atoms with Crippen molar-refractivity contribution < 1.29 is 0 Å². The molecule has 2 aromatic heterocycles. The smallest absolute Gasteiger partial charge is 0.197 e. The highest BCUT2D eigenvalue weighted by atomic mass is 32.2. The summed E-state index contributed by atoms with van der Waals surface area (Å²) in [7, 11) is 0. The van der Waals surface area contributed by atoms with E-state index in [1.54, 1.807) is 23.5 Å². The van der Waals surface area contributed by atoms with Gasteiger partial charge in [-0.25, -0.2) is 9.38 Å². The summed E-state index contributed by atoms with van der Waals surface area (Å²) >= 11 is 3.29. The van der Waals surface area contributed by atoms with E-state index in [9.17, 15) is 0 Å². The summed E-state index contributed by atoms with van der Waals surface area (Å²) in [5.41, 5.74) is 3.11. The van der Waals surface area contributed by atoms with Gasteiger partial charge in [0.05, 0.1) is 0 Å². The van der Waals surface area contributed by atoms with Gasteiger partial charge in [-0.15, -0.1) is 10.2 Å². The lowest BCUT2D eigenvalue weighted by molar-refractivity contribution is 0.794. The Labute approximate surface area is 126 Å². The standard InChI is InChI=1S/C14H14N4S2/c1-10-8-12-16-17-14(19-2)18(12)13(15-10)20-9-11-6-4-3-5-7-11/h3-8H,9H2,1-2H3. The number of aryl methyl sites for hydroxylation is 1. The molecule has 0 unspecified atom stereocenters. The monoisotopic (exact) mass is 302 g/mol. The number of thioether (sulfide) groups is 2. The summed E-state index contributed by atoms with van der Waals surface area (Å²) < 4.78 is 2.02. The van der Waals surface area contributed by atoms with E-state index in [0.717, 1.165) is 27.4 Å². The number of hydrogen-bond donors (Lipinski definition) is 0. The highest BCUT2D eigenvalue weighted by Crippen LogP contribution is 2.25. The van der Waals surface area contributed by atoms with E-state index in [0.29, 0.717) is 0 Å². The number of benzene rings is 1. The van der Waals surface area contributed by atoms with Crippen molar-refractivity contribution in [2.75, 3.05) is 6.26 Å². The molecule has 0 atom stereocenters. The van der Waals surface area contributed by atoms with E-state index in [2.05, 4.69) is 39.4 Å². The topological polar surface area (TPSA) is 43.1 Å². The number of nitrogens with zero attached hydrogens (tertiary/aromatic N) is 4. The molecule has 0 saturated heterocycles. The van der Waals surface area contributed by atoms with Crippen molar-refractivity contribution in [3.05, 3.63) is 47.7 Å². The molecular formula is C14H14N4S2. The Morgan fingerprint density at radius 2 is 1.90 bits per heavy atom. The SMILES string of the molecule is CSc1nnc2cc(C)nc(SCc3ccccc3)n12. The quantitative estimate of drug-likeness (QED) is 0.545. The molecule has 0 aliphatic carbocycles. The predicted octanol–water partition coefficient (Wildman–Crippen LogP) is 3.45. The lowest BCUT2D eigenvalue weighted by atomic mass is 10.2. The number of hydrogen-bond acceptors (Lipinski definition) is 5. The zero-order valence-corrected chi connectivity index (χ0v) is 12.9. The third kappa shape index (κ3) is 2.66. The summed E-state index contributed by atoms with van der Waals surface area (Å²) in [4.78, 5) is 4.63. The van der Waals surface area contributed by atoms with E-state index in [1.165, 1.54) is 5.56 Å². The molecule has 3 aromatic rings. The summed E-state index contributed by atoms with van der Waals surface area (Å²) in [5, 5.41) is 10.2. The summed E-state index contributed by atoms with van der Waals surface area (Å²) in [6, 6.07) is 12.4. The van der Waals surface area contributed by atoms with Crippen LogP contribution in [-0.4, -0.2) is 25.8 Å². The van der Waals surface area contributed by atoms with Crippen LogP contribution < -0.4 is 0 Å². The number of aromatic nitrogens is 4. The lowest BCUT2D eigenvalue weighted by Gasteiger charge is -2.06. The second kappa shape index (κ2) is 5.85. The van der Waals surface area contributed by atoms with Gasteiger partial charge in [-0.2, -0.15) is 0 Å². The zero-order valence-electron chi connectivity index (χ0n) is 11.3. The highest BCUT2D eigenvalue weighted by Gasteiger charge is 2.11. The normalized spacial score (nSPS) is 11.1. The van der Waals surface area contributed by atoms with Crippen LogP contribution in [-0.2, 0) is 5.75 Å². The Balaban J connectivity index is 1.95. The molecule has 3 rings (SSSR count). The minimum absolute atomic E-state index is 0.859. The summed E-state index contributed by atoms with van der Waals surface area (Å²) in [6.45, 7) is 1.99. The molecule has 0 aliphatic rings. The molecule has 1 aromatic carbocycles. The van der Waals surface area contributed by atoms with E-state index in [-0.39, 0.29) is 0 Å². The van der Waals surface area contributed by atoms with Gasteiger partial charge >= 0.3 is 0 Å². The van der Waals surface area contributed by atoms with Gasteiger partial charge in [0, 0.05) is 17.5 Å². The molecule has 6 heteroatoms. The molecule has 0 aliphatic heterocycles. The fraction of sp³-hybridized carbons (Fsp3) is 0.214. The van der Waals surface area contributed by atoms with E-state index in [4.69, 9.17) is 0 Å². The Hall–Kier alpha value is -1.53. The Morgan fingerprint density at radius 3 is 2.65 bits per heavy atom. The van der Waals surface area contributed by atoms with E-state index < -0.39 is 0 Å². The van der Waals surface area contributed by atoms with Gasteiger partial charge in [-0.05, 0) is 18.7 Å². The highest BCUT2D eigenvalue weighted by molar-refractivity contribution is 7.99. The summed E-state index contributed by atoms with van der Waals surface area (Å²) in [6.07, 6.45) is 2.00. The third-order valence-corrected chi connectivity index (χ3v) is 4.49. The Bertz CT molecular complexity index is 725. The van der Waals surface area contributed by atoms with Crippen molar-refractivity contribution >= 4 is 29.2 Å². The van der Waals surface area contributed by atoms with Crippen molar-refractivity contribution in [2.45, 2.75) is 23.0 Å². The van der Waals surface area contributed by atoms with Crippen molar-refractivity contribution in [3.8, 4) is 0 Å². The van der Waals surface area contributed by atoms with Crippen molar-refractivity contribution in [2.24, 2.45) is 0 Å². The minimum atomic E-state index is 0.859. The predicted molar refractivity (Wildman–Crippen MR) is 83.3 cm³/mol. The van der Waals surface area contributed by atoms with Crippen LogP contribution in [0.15, 0.2) is 46.7 Å². The first-order valence-electron chi connectivity index (χ1n) is 6.21. The van der Waals surface area contributed by atoms with Crippen LogP contribution in [0.2, 0.25) is 0 Å². The molecule has 0 radical (unpaired) electrons. The molecule has 4 nitrogen and oxygen atoms in total. The number of rotatable bonds is 4. The Morgan fingerprint density at radius 1 is 1.10 bits per heavy atom. The maximum absolute atomic E-state index is 4.63. The van der Waals surface area contributed by atoms with Gasteiger partial charge in [-0.3, -0.25) is 0 Å². The van der Waals surface area contributed by atoms with Crippen LogP contribution in [0.4, 0.5) is 0 Å². The third-order valence-electron chi connectivity index (χ3n) is 2.85. The van der Waals surface area contributed by atoms with Crippen LogP contribution in [0, 0.1) is 6.92 Å². The molecule has 0 bridgehead atoms. The van der Waals surface area contributed by atoms with Gasteiger partial charge in [-0.1, -0.05) is 53.9 Å². The van der Waals surface area contributed by atoms with E-state index >= 15 is 0 Å². The van der Waals surface area contributed by atoms with Crippen LogP contribution >= 0.6 is 23.5 Å². The minimum Gasteiger partial charge on any atom is -0.248 e. The number of fused-ring (bicyclic) bond motifs is 1. The van der Waals surface area contributed by atoms with E-state index in [1.807, 2.05) is 29.7 Å². The molecule has 2 heterocycles. The molecule has 20 heavy (non-hydrogen) atoms. The fourth-order valence-corrected chi connectivity index (χ4v) is 3.47. The van der Waals surface area contributed by atoms with Crippen molar-refractivity contribution in [1.29, 1.82) is 0 Å². The molecule has 0 N–H and O–H groups in total. The first kappa shape index (κ1) is 13.5. The molecule has 0 amide bonds. The molecule has 0 fully saturated rings. The first-order chi connectivity index (χ1) is 9.78. The van der Waals surface area contributed by atoms with Crippen LogP contribution in [0.5, 0.6) is 0 Å². The van der Waals surface area contributed by atoms with Gasteiger partial charge in [0.15, 0.2) is 16.0 Å². The second-order valence-electron chi connectivity index (χ2n) is 4.33. The molecule has 0 saturated carbocycles. The lowest BCUT2D eigenvalue weighted by Crippen LogP contribution is -1.98. The second-order valence-corrected chi connectivity index (χ2v) is 6.05. The van der Waals surface area contributed by atoms with Gasteiger partial charge in [0.2, 0.25) is 0 Å². The van der Waals surface area contributed by atoms with Gasteiger partial charge < -0.3 is 0 Å². The summed E-state index contributed by atoms with van der Waals surface area (Å²) in [5.74, 6) is 0.887. The van der Waals surface area contributed by atoms with Crippen molar-refractivity contribution in [1.82, 2.24) is 19.6 Å². The zero-order chi connectivity index (χ0) is 13.9. The van der Waals surface area contributed by atoms with Crippen LogP contribution in [0.25, 0.3) is 5.65 Å². The largest absolute Gasteiger partial charge is 0.248 e. The maximum atomic E-state index is 4.63. The van der Waals surface area contributed by atoms with Crippen molar-refractivity contribution in [3.63, 3.8) is 0 Å². The molecule has 0 spiro atoms. The molecular weight excluding hydrogens is 288 g/mol.